The predicted molar refractivity (Wildman–Crippen MR) is 155 cm³/mol. The molecule has 3 rings (SSSR count). The molecule has 5 atom stereocenters. The van der Waals surface area contributed by atoms with Gasteiger partial charge in [0, 0.05) is 25.0 Å². The highest BCUT2D eigenvalue weighted by molar-refractivity contribution is 8.13. The second kappa shape index (κ2) is 14.0. The Labute approximate surface area is 242 Å². The van der Waals surface area contributed by atoms with Gasteiger partial charge in [-0.2, -0.15) is 4.98 Å². The van der Waals surface area contributed by atoms with Crippen molar-refractivity contribution < 1.29 is 33.9 Å². The zero-order chi connectivity index (χ0) is 30.3. The number of nitrogens with two attached hydrogens (primary N) is 1. The standard InChI is InChI=1S/C26H36N5O8PS/c1-4-11-26(36)21(33)19(39-22(26)31-13-10-20(27)30-24(31)35)16-38-40(37,29-15-18-8-6-5-7-9-18)28-12-14-41-23(34)25(2,3)17-32/h5-11,13,19,21-22,32-33,36H,1,12,14-17H2,2-3H3,(H2,27,30,35)(H2,28,29,37)/t19-,21-,22-,26-,40?/m1/s1. The van der Waals surface area contributed by atoms with Crippen LogP contribution < -0.4 is 21.6 Å². The van der Waals surface area contributed by atoms with E-state index in [-0.39, 0.29) is 36.4 Å². The fourth-order valence-corrected chi connectivity index (χ4v) is 6.29. The van der Waals surface area contributed by atoms with E-state index in [2.05, 4.69) is 27.5 Å². The van der Waals surface area contributed by atoms with Crippen LogP contribution in [0.3, 0.4) is 0 Å². The number of hydrogen-bond acceptors (Lipinski definition) is 11. The predicted octanol–water partition coefficient (Wildman–Crippen LogP) is 0.938. The van der Waals surface area contributed by atoms with Gasteiger partial charge in [-0.15, -0.1) is 5.73 Å². The van der Waals surface area contributed by atoms with E-state index in [0.29, 0.717) is 0 Å². The number of aliphatic hydroxyl groups excluding tert-OH is 2. The molecule has 2 heterocycles. The van der Waals surface area contributed by atoms with Crippen LogP contribution in [0.25, 0.3) is 0 Å². The van der Waals surface area contributed by atoms with E-state index in [1.54, 1.807) is 13.8 Å². The minimum Gasteiger partial charge on any atom is -0.395 e. The number of aromatic nitrogens is 2. The second-order valence-electron chi connectivity index (χ2n) is 10.0. The first-order valence-corrected chi connectivity index (χ1v) is 15.3. The molecule has 0 saturated carbocycles. The van der Waals surface area contributed by atoms with Crippen molar-refractivity contribution in [2.24, 2.45) is 5.41 Å². The lowest BCUT2D eigenvalue weighted by Gasteiger charge is -2.28. The monoisotopic (exact) mass is 609 g/mol. The molecule has 15 heteroatoms. The number of carbonyl (C=O) groups excluding carboxylic acids is 1. The molecule has 0 amide bonds. The van der Waals surface area contributed by atoms with Gasteiger partial charge in [0.15, 0.2) is 16.9 Å². The van der Waals surface area contributed by atoms with Crippen LogP contribution in [0.5, 0.6) is 0 Å². The summed E-state index contributed by atoms with van der Waals surface area (Å²) in [7, 11) is -3.82. The topological polar surface area (TPSA) is 198 Å². The molecule has 224 valence electrons. The average molecular weight is 610 g/mol. The summed E-state index contributed by atoms with van der Waals surface area (Å²) in [5.41, 5.74) is 4.91. The van der Waals surface area contributed by atoms with Crippen molar-refractivity contribution in [2.45, 2.75) is 44.4 Å². The molecule has 1 saturated heterocycles. The lowest BCUT2D eigenvalue weighted by atomic mass is 9.94. The highest BCUT2D eigenvalue weighted by Crippen LogP contribution is 2.43. The molecule has 1 aromatic heterocycles. The van der Waals surface area contributed by atoms with Gasteiger partial charge in [-0.05, 0) is 31.6 Å². The minimum atomic E-state index is -3.82. The van der Waals surface area contributed by atoms with Gasteiger partial charge in [-0.3, -0.25) is 13.9 Å². The van der Waals surface area contributed by atoms with Gasteiger partial charge in [0.25, 0.3) is 0 Å². The smallest absolute Gasteiger partial charge is 0.351 e. The summed E-state index contributed by atoms with van der Waals surface area (Å²) in [5, 5.41) is 37.1. The number of benzene rings is 1. The van der Waals surface area contributed by atoms with Crippen LogP contribution in [0.2, 0.25) is 0 Å². The van der Waals surface area contributed by atoms with Crippen LogP contribution >= 0.6 is 19.4 Å². The van der Waals surface area contributed by atoms with Gasteiger partial charge in [0.2, 0.25) is 0 Å². The van der Waals surface area contributed by atoms with Crippen molar-refractivity contribution in [3.8, 4) is 0 Å². The van der Waals surface area contributed by atoms with Crippen LogP contribution in [-0.2, 0) is 25.2 Å². The quantitative estimate of drug-likeness (QED) is 0.101. The Morgan fingerprint density at radius 2 is 2.07 bits per heavy atom. The Morgan fingerprint density at radius 1 is 1.37 bits per heavy atom. The number of nitrogens with zero attached hydrogens (tertiary/aromatic N) is 2. The first-order chi connectivity index (χ1) is 19.3. The number of thioether (sulfide) groups is 1. The van der Waals surface area contributed by atoms with E-state index in [9.17, 15) is 29.5 Å². The Morgan fingerprint density at radius 3 is 2.71 bits per heavy atom. The SMILES string of the molecule is C=C=C[C@@]1(O)[C@H](O)[C@@H](COP(=O)(NCCSC(=O)C(C)(C)CO)NCc2ccccc2)O[C@H]1n1ccc(N)nc1=O. The fourth-order valence-electron chi connectivity index (χ4n) is 3.85. The summed E-state index contributed by atoms with van der Waals surface area (Å²) in [5.74, 6) is 0.202. The summed E-state index contributed by atoms with van der Waals surface area (Å²) >= 11 is 0.985. The number of hydrogen-bond donors (Lipinski definition) is 6. The third kappa shape index (κ3) is 8.24. The van der Waals surface area contributed by atoms with Crippen LogP contribution in [0.1, 0.15) is 25.6 Å². The van der Waals surface area contributed by atoms with Crippen LogP contribution in [0, 0.1) is 5.41 Å². The zero-order valence-electron chi connectivity index (χ0n) is 22.8. The number of ether oxygens (including phenoxy) is 1. The van der Waals surface area contributed by atoms with Gasteiger partial charge in [0.05, 0.1) is 18.6 Å². The van der Waals surface area contributed by atoms with Crippen LogP contribution in [0.4, 0.5) is 5.82 Å². The van der Waals surface area contributed by atoms with E-state index in [4.69, 9.17) is 15.0 Å². The van der Waals surface area contributed by atoms with Crippen molar-refractivity contribution in [1.82, 2.24) is 19.7 Å². The zero-order valence-corrected chi connectivity index (χ0v) is 24.5. The molecule has 0 bridgehead atoms. The molecule has 0 aliphatic carbocycles. The third-order valence-corrected chi connectivity index (χ3v) is 9.27. The molecular formula is C26H36N5O8PS. The molecule has 2 aromatic rings. The average Bonchev–Trinajstić information content (AvgIpc) is 3.19. The number of carbonyl (C=O) groups is 1. The Bertz CT molecular complexity index is 1350. The van der Waals surface area contributed by atoms with E-state index in [1.165, 1.54) is 12.3 Å². The molecule has 1 aromatic carbocycles. The molecule has 1 fully saturated rings. The van der Waals surface area contributed by atoms with Crippen molar-refractivity contribution in [3.63, 3.8) is 0 Å². The Balaban J connectivity index is 1.75. The highest BCUT2D eigenvalue weighted by Gasteiger charge is 2.55. The lowest BCUT2D eigenvalue weighted by Crippen LogP contribution is -2.47. The van der Waals surface area contributed by atoms with Crippen molar-refractivity contribution in [2.75, 3.05) is 31.2 Å². The maximum atomic E-state index is 13.8. The Kier molecular flexibility index (Phi) is 11.3. The molecule has 1 aliphatic rings. The molecule has 0 radical (unpaired) electrons. The van der Waals surface area contributed by atoms with E-state index in [1.807, 2.05) is 30.3 Å². The molecule has 13 nitrogen and oxygen atoms in total. The summed E-state index contributed by atoms with van der Waals surface area (Å²) in [4.78, 5) is 28.4. The summed E-state index contributed by atoms with van der Waals surface area (Å²) in [6.45, 7) is 6.20. The number of aliphatic hydroxyl groups is 3. The normalized spacial score (nSPS) is 24.0. The van der Waals surface area contributed by atoms with E-state index >= 15 is 0 Å². The summed E-state index contributed by atoms with van der Waals surface area (Å²) in [6, 6.07) is 10.5. The molecule has 1 unspecified atom stereocenters. The Hall–Kier alpha value is -2.61. The van der Waals surface area contributed by atoms with E-state index in [0.717, 1.165) is 28.0 Å². The van der Waals surface area contributed by atoms with Gasteiger partial charge in [-0.1, -0.05) is 48.7 Å². The number of nitrogen functional groups attached to an aromatic ring is 1. The second-order valence-corrected chi connectivity index (χ2v) is 13.1. The molecular weight excluding hydrogens is 573 g/mol. The minimum absolute atomic E-state index is 0.0382. The molecule has 0 spiro atoms. The maximum Gasteiger partial charge on any atom is 0.351 e. The van der Waals surface area contributed by atoms with Gasteiger partial charge in [-0.25, -0.2) is 15.0 Å². The van der Waals surface area contributed by atoms with Gasteiger partial charge >= 0.3 is 13.4 Å². The largest absolute Gasteiger partial charge is 0.395 e. The van der Waals surface area contributed by atoms with Gasteiger partial charge < -0.3 is 30.3 Å². The van der Waals surface area contributed by atoms with Crippen LogP contribution in [0.15, 0.2) is 65.8 Å². The highest BCUT2D eigenvalue weighted by atomic mass is 32.2. The lowest BCUT2D eigenvalue weighted by molar-refractivity contribution is -0.119. The fraction of sp³-hybridized carbons (Fsp3) is 0.462. The first kappa shape index (κ1) is 32.9. The third-order valence-electron chi connectivity index (χ3n) is 6.32. The first-order valence-electron chi connectivity index (χ1n) is 12.7. The van der Waals surface area contributed by atoms with Gasteiger partial charge in [0.1, 0.15) is 18.0 Å². The van der Waals surface area contributed by atoms with E-state index < -0.39 is 49.4 Å². The van der Waals surface area contributed by atoms with Crippen molar-refractivity contribution in [3.05, 3.63) is 77.0 Å². The maximum absolute atomic E-state index is 13.8. The number of nitrogens with one attached hydrogen (secondary N) is 2. The number of anilines is 1. The van der Waals surface area contributed by atoms with Crippen molar-refractivity contribution >= 4 is 30.4 Å². The summed E-state index contributed by atoms with van der Waals surface area (Å²) in [6.07, 6.45) is -1.99. The molecule has 7 N–H and O–H groups in total. The van der Waals surface area contributed by atoms with Crippen molar-refractivity contribution in [1.29, 1.82) is 0 Å². The molecule has 1 aliphatic heterocycles. The van der Waals surface area contributed by atoms with Crippen LogP contribution in [-0.4, -0.2) is 73.3 Å². The summed E-state index contributed by atoms with van der Waals surface area (Å²) < 4.78 is 26.3. The molecule has 41 heavy (non-hydrogen) atoms. The number of rotatable bonds is 14.